The van der Waals surface area contributed by atoms with Crippen molar-refractivity contribution in [2.75, 3.05) is 13.6 Å². The summed E-state index contributed by atoms with van der Waals surface area (Å²) in [5, 5.41) is 10.2. The summed E-state index contributed by atoms with van der Waals surface area (Å²) in [6.07, 6.45) is 0. The third kappa shape index (κ3) is 2.74. The molecule has 0 saturated heterocycles. The minimum Gasteiger partial charge on any atom is -0.391 e. The van der Waals surface area contributed by atoms with Crippen molar-refractivity contribution in [3.63, 3.8) is 0 Å². The van der Waals surface area contributed by atoms with Crippen molar-refractivity contribution in [1.82, 2.24) is 4.31 Å². The molecule has 0 aliphatic carbocycles. The highest BCUT2D eigenvalue weighted by Gasteiger charge is 2.28. The summed E-state index contributed by atoms with van der Waals surface area (Å²) in [7, 11) is -1.99. The number of sulfonamides is 1. The van der Waals surface area contributed by atoms with Crippen LogP contribution in [0.3, 0.4) is 0 Å². The molecule has 0 atom stereocenters. The number of hydrogen-bond donors (Lipinski definition) is 1. The SMILES string of the molecule is CC(C)CN(C)S(=O)(=O)c1c(CO)sc2ccccc12. The zero-order valence-corrected chi connectivity index (χ0v) is 13.5. The van der Waals surface area contributed by atoms with Crippen molar-refractivity contribution in [3.8, 4) is 0 Å². The van der Waals surface area contributed by atoms with E-state index in [0.29, 0.717) is 16.8 Å². The summed E-state index contributed by atoms with van der Waals surface area (Å²) < 4.78 is 27.7. The zero-order valence-electron chi connectivity index (χ0n) is 11.8. The fourth-order valence-electron chi connectivity index (χ4n) is 2.23. The molecule has 20 heavy (non-hydrogen) atoms. The van der Waals surface area contributed by atoms with E-state index in [1.54, 1.807) is 13.1 Å². The lowest BCUT2D eigenvalue weighted by Gasteiger charge is -2.19. The Morgan fingerprint density at radius 3 is 2.55 bits per heavy atom. The van der Waals surface area contributed by atoms with Gasteiger partial charge in [0, 0.05) is 23.7 Å². The van der Waals surface area contributed by atoms with Crippen molar-refractivity contribution in [1.29, 1.82) is 0 Å². The van der Waals surface area contributed by atoms with Crippen molar-refractivity contribution in [2.45, 2.75) is 25.3 Å². The van der Waals surface area contributed by atoms with E-state index in [1.807, 2.05) is 32.0 Å². The molecule has 6 heteroatoms. The van der Waals surface area contributed by atoms with E-state index in [2.05, 4.69) is 0 Å². The fourth-order valence-corrected chi connectivity index (χ4v) is 5.31. The molecule has 1 aromatic heterocycles. The van der Waals surface area contributed by atoms with Gasteiger partial charge < -0.3 is 5.11 Å². The molecule has 1 heterocycles. The van der Waals surface area contributed by atoms with Crippen LogP contribution in [0.2, 0.25) is 0 Å². The predicted octanol–water partition coefficient (Wildman–Crippen LogP) is 2.67. The highest BCUT2D eigenvalue weighted by atomic mass is 32.2. The monoisotopic (exact) mass is 313 g/mol. The highest BCUT2D eigenvalue weighted by Crippen LogP contribution is 2.36. The number of thiophene rings is 1. The lowest BCUT2D eigenvalue weighted by atomic mass is 10.2. The maximum atomic E-state index is 12.7. The van der Waals surface area contributed by atoms with E-state index < -0.39 is 10.0 Å². The van der Waals surface area contributed by atoms with E-state index in [4.69, 9.17) is 0 Å². The van der Waals surface area contributed by atoms with Crippen molar-refractivity contribution in [2.24, 2.45) is 5.92 Å². The molecule has 0 aliphatic heterocycles. The molecule has 0 bridgehead atoms. The number of benzene rings is 1. The molecule has 0 spiro atoms. The van der Waals surface area contributed by atoms with Crippen molar-refractivity contribution in [3.05, 3.63) is 29.1 Å². The van der Waals surface area contributed by atoms with Crippen LogP contribution in [-0.4, -0.2) is 31.4 Å². The number of aliphatic hydroxyl groups is 1. The van der Waals surface area contributed by atoms with Crippen molar-refractivity contribution < 1.29 is 13.5 Å². The summed E-state index contributed by atoms with van der Waals surface area (Å²) in [6.45, 7) is 4.15. The van der Waals surface area contributed by atoms with E-state index in [9.17, 15) is 13.5 Å². The molecule has 0 radical (unpaired) electrons. The van der Waals surface area contributed by atoms with Gasteiger partial charge in [-0.25, -0.2) is 12.7 Å². The molecule has 2 rings (SSSR count). The van der Waals surface area contributed by atoms with Crippen LogP contribution in [0.5, 0.6) is 0 Å². The van der Waals surface area contributed by atoms with Crippen molar-refractivity contribution >= 4 is 31.4 Å². The molecule has 4 nitrogen and oxygen atoms in total. The third-order valence-electron chi connectivity index (χ3n) is 3.05. The number of aliphatic hydroxyl groups excluding tert-OH is 1. The van der Waals surface area contributed by atoms with E-state index >= 15 is 0 Å². The van der Waals surface area contributed by atoms with E-state index in [1.165, 1.54) is 15.6 Å². The molecule has 1 N–H and O–H groups in total. The normalized spacial score (nSPS) is 12.7. The Morgan fingerprint density at radius 2 is 1.95 bits per heavy atom. The minimum absolute atomic E-state index is 0.247. The maximum Gasteiger partial charge on any atom is 0.244 e. The second-order valence-corrected chi connectivity index (χ2v) is 8.31. The predicted molar refractivity (Wildman–Crippen MR) is 82.4 cm³/mol. The molecular weight excluding hydrogens is 294 g/mol. The van der Waals surface area contributed by atoms with Gasteiger partial charge >= 0.3 is 0 Å². The van der Waals surface area contributed by atoms with Gasteiger partial charge in [0.15, 0.2) is 0 Å². The zero-order chi connectivity index (χ0) is 14.9. The molecule has 2 aromatic rings. The Labute approximate surface area is 123 Å². The Morgan fingerprint density at radius 1 is 1.30 bits per heavy atom. The molecule has 0 aliphatic rings. The van der Waals surface area contributed by atoms with Crippen LogP contribution in [0.25, 0.3) is 10.1 Å². The van der Waals surface area contributed by atoms with Crippen LogP contribution in [0.4, 0.5) is 0 Å². The Hall–Kier alpha value is -0.950. The molecule has 0 amide bonds. The second kappa shape index (κ2) is 5.81. The number of fused-ring (bicyclic) bond motifs is 1. The van der Waals surface area contributed by atoms with Crippen LogP contribution in [0, 0.1) is 5.92 Å². The van der Waals surface area contributed by atoms with Gasteiger partial charge in [0.05, 0.1) is 11.5 Å². The number of rotatable bonds is 5. The number of hydrogen-bond acceptors (Lipinski definition) is 4. The Balaban J connectivity index is 2.61. The van der Waals surface area contributed by atoms with Gasteiger partial charge in [-0.2, -0.15) is 0 Å². The Bertz CT molecular complexity index is 704. The van der Waals surface area contributed by atoms with Gasteiger partial charge in [-0.1, -0.05) is 32.0 Å². The summed E-state index contributed by atoms with van der Waals surface area (Å²) in [5.74, 6) is 0.247. The van der Waals surface area contributed by atoms with Crippen LogP contribution in [0.1, 0.15) is 18.7 Å². The molecule has 0 unspecified atom stereocenters. The van der Waals surface area contributed by atoms with Gasteiger partial charge in [-0.15, -0.1) is 11.3 Å². The Kier molecular flexibility index (Phi) is 4.49. The first-order chi connectivity index (χ1) is 9.37. The maximum absolute atomic E-state index is 12.7. The lowest BCUT2D eigenvalue weighted by molar-refractivity contribution is 0.282. The lowest BCUT2D eigenvalue weighted by Crippen LogP contribution is -2.30. The third-order valence-corrected chi connectivity index (χ3v) is 6.29. The topological polar surface area (TPSA) is 57.6 Å². The van der Waals surface area contributed by atoms with Gasteiger partial charge in [0.2, 0.25) is 10.0 Å². The average molecular weight is 313 g/mol. The summed E-state index contributed by atoms with van der Waals surface area (Å²) >= 11 is 1.33. The average Bonchev–Trinajstić information content (AvgIpc) is 2.76. The minimum atomic E-state index is -3.58. The summed E-state index contributed by atoms with van der Waals surface area (Å²) in [4.78, 5) is 0.755. The van der Waals surface area contributed by atoms with Gasteiger partial charge in [0.1, 0.15) is 4.90 Å². The standard InChI is InChI=1S/C14H19NO3S2/c1-10(2)8-15(3)20(17,18)14-11-6-4-5-7-12(11)19-13(14)9-16/h4-7,10,16H,8-9H2,1-3H3. The second-order valence-electron chi connectivity index (χ2n) is 5.19. The largest absolute Gasteiger partial charge is 0.391 e. The van der Waals surface area contributed by atoms with Gasteiger partial charge in [-0.05, 0) is 12.0 Å². The number of nitrogens with zero attached hydrogens (tertiary/aromatic N) is 1. The molecule has 110 valence electrons. The highest BCUT2D eigenvalue weighted by molar-refractivity contribution is 7.89. The summed E-state index contributed by atoms with van der Waals surface area (Å²) in [5.41, 5.74) is 0. The molecule has 0 saturated carbocycles. The summed E-state index contributed by atoms with van der Waals surface area (Å²) in [6, 6.07) is 7.35. The van der Waals surface area contributed by atoms with Crippen LogP contribution in [0.15, 0.2) is 29.2 Å². The van der Waals surface area contributed by atoms with Gasteiger partial charge in [-0.3, -0.25) is 0 Å². The van der Waals surface area contributed by atoms with Crippen LogP contribution in [-0.2, 0) is 16.6 Å². The smallest absolute Gasteiger partial charge is 0.244 e. The fraction of sp³-hybridized carbons (Fsp3) is 0.429. The van der Waals surface area contributed by atoms with Crippen LogP contribution < -0.4 is 0 Å². The first kappa shape index (κ1) is 15.4. The quantitative estimate of drug-likeness (QED) is 0.923. The first-order valence-corrected chi connectivity index (χ1v) is 8.71. The molecular formula is C14H19NO3S2. The van der Waals surface area contributed by atoms with Crippen LogP contribution >= 0.6 is 11.3 Å². The molecule has 1 aromatic carbocycles. The van der Waals surface area contributed by atoms with E-state index in [-0.39, 0.29) is 17.4 Å². The van der Waals surface area contributed by atoms with E-state index in [0.717, 1.165) is 4.70 Å². The first-order valence-electron chi connectivity index (χ1n) is 6.45. The molecule has 0 fully saturated rings. The van der Waals surface area contributed by atoms with Gasteiger partial charge in [0.25, 0.3) is 0 Å².